The molecule has 0 bridgehead atoms. The predicted molar refractivity (Wildman–Crippen MR) is 160 cm³/mol. The maximum atomic E-state index is 13.5. The Labute approximate surface area is 252 Å². The zero-order valence-electron chi connectivity index (χ0n) is 26.2. The lowest BCUT2D eigenvalue weighted by atomic mass is 9.98. The van der Waals surface area contributed by atoms with Crippen LogP contribution >= 0.6 is 0 Å². The van der Waals surface area contributed by atoms with Gasteiger partial charge < -0.3 is 36.8 Å². The SMILES string of the molecule is CC(=O)NC(C(=O)NC(C(=O)NC(Cc1ccc(O)cc1)C(=O)NC(C)C(=O)NC(CC(C)C)C(=O)O)C(C)C)C(C)C. The molecule has 5 atom stereocenters. The maximum absolute atomic E-state index is 13.5. The van der Waals surface area contributed by atoms with Gasteiger partial charge in [0, 0.05) is 13.3 Å². The molecule has 13 nitrogen and oxygen atoms in total. The van der Waals surface area contributed by atoms with Crippen molar-refractivity contribution < 1.29 is 39.0 Å². The van der Waals surface area contributed by atoms with Crippen LogP contribution in [0.5, 0.6) is 5.75 Å². The molecule has 13 heteroatoms. The van der Waals surface area contributed by atoms with Crippen molar-refractivity contribution in [3.05, 3.63) is 29.8 Å². The number of carbonyl (C=O) groups excluding carboxylic acids is 5. The summed E-state index contributed by atoms with van der Waals surface area (Å²) in [6.07, 6.45) is 0.180. The smallest absolute Gasteiger partial charge is 0.326 e. The van der Waals surface area contributed by atoms with Crippen molar-refractivity contribution in [3.8, 4) is 5.75 Å². The highest BCUT2D eigenvalue weighted by atomic mass is 16.4. The van der Waals surface area contributed by atoms with E-state index in [0.29, 0.717) is 5.56 Å². The fourth-order valence-electron chi connectivity index (χ4n) is 4.24. The Hall–Kier alpha value is -4.16. The van der Waals surface area contributed by atoms with Gasteiger partial charge in [-0.05, 0) is 48.8 Å². The quantitative estimate of drug-likeness (QED) is 0.144. The summed E-state index contributed by atoms with van der Waals surface area (Å²) < 4.78 is 0. The second-order valence-electron chi connectivity index (χ2n) is 11.8. The summed E-state index contributed by atoms with van der Waals surface area (Å²) in [4.78, 5) is 75.8. The molecule has 0 heterocycles. The molecule has 0 aliphatic carbocycles. The van der Waals surface area contributed by atoms with Crippen molar-refractivity contribution >= 4 is 35.5 Å². The van der Waals surface area contributed by atoms with Crippen molar-refractivity contribution in [1.82, 2.24) is 26.6 Å². The van der Waals surface area contributed by atoms with Gasteiger partial charge in [0.15, 0.2) is 0 Å². The first-order valence-electron chi connectivity index (χ1n) is 14.4. The predicted octanol–water partition coefficient (Wildman–Crippen LogP) is 0.841. The lowest BCUT2D eigenvalue weighted by Gasteiger charge is -2.28. The highest BCUT2D eigenvalue weighted by molar-refractivity contribution is 5.96. The van der Waals surface area contributed by atoms with Gasteiger partial charge in [-0.25, -0.2) is 4.79 Å². The van der Waals surface area contributed by atoms with Crippen LogP contribution in [0.4, 0.5) is 0 Å². The first-order valence-corrected chi connectivity index (χ1v) is 14.4. The van der Waals surface area contributed by atoms with Crippen molar-refractivity contribution in [2.75, 3.05) is 0 Å². The van der Waals surface area contributed by atoms with Crippen LogP contribution < -0.4 is 26.6 Å². The first-order chi connectivity index (χ1) is 19.9. The standard InChI is InChI=1S/C30H47N5O8/c1-15(2)13-23(30(42)43)34-26(38)18(7)31-27(39)22(14-20-9-11-21(37)12-10-20)33-28(40)25(17(5)6)35-29(41)24(16(3)4)32-19(8)36/h9-12,15-18,22-25,37H,13-14H2,1-8H3,(H,31,39)(H,32,36)(H,33,40)(H,34,38)(H,35,41)(H,42,43). The number of aromatic hydroxyl groups is 1. The minimum absolute atomic E-state index is 0.000322. The summed E-state index contributed by atoms with van der Waals surface area (Å²) in [6, 6.07) is 0.577. The Morgan fingerprint density at radius 2 is 1.14 bits per heavy atom. The van der Waals surface area contributed by atoms with E-state index in [4.69, 9.17) is 0 Å². The lowest BCUT2D eigenvalue weighted by molar-refractivity contribution is -0.142. The number of phenols is 1. The molecule has 0 saturated carbocycles. The summed E-state index contributed by atoms with van der Waals surface area (Å²) in [5.74, 6) is -4.89. The van der Waals surface area contributed by atoms with Crippen LogP contribution in [0.2, 0.25) is 0 Å². The molecule has 1 aromatic rings. The second kappa shape index (κ2) is 17.1. The van der Waals surface area contributed by atoms with Gasteiger partial charge in [-0.2, -0.15) is 0 Å². The molecule has 0 aliphatic rings. The molecule has 240 valence electrons. The Bertz CT molecular complexity index is 1140. The summed E-state index contributed by atoms with van der Waals surface area (Å²) in [5, 5.41) is 32.0. The topological polar surface area (TPSA) is 203 Å². The van der Waals surface area contributed by atoms with Crippen LogP contribution in [-0.2, 0) is 35.2 Å². The minimum Gasteiger partial charge on any atom is -0.508 e. The summed E-state index contributed by atoms with van der Waals surface area (Å²) >= 11 is 0. The third-order valence-corrected chi connectivity index (χ3v) is 6.64. The highest BCUT2D eigenvalue weighted by Gasteiger charge is 2.33. The number of hydrogen-bond acceptors (Lipinski definition) is 7. The van der Waals surface area contributed by atoms with Gasteiger partial charge in [-0.1, -0.05) is 53.7 Å². The van der Waals surface area contributed by atoms with E-state index in [9.17, 15) is 39.0 Å². The van der Waals surface area contributed by atoms with Crippen LogP contribution in [0.1, 0.15) is 67.4 Å². The van der Waals surface area contributed by atoms with E-state index in [2.05, 4.69) is 26.6 Å². The van der Waals surface area contributed by atoms with E-state index in [1.807, 2.05) is 13.8 Å². The summed E-state index contributed by atoms with van der Waals surface area (Å²) in [6.45, 7) is 13.2. The van der Waals surface area contributed by atoms with Gasteiger partial charge in [-0.15, -0.1) is 0 Å². The molecule has 0 radical (unpaired) electrons. The van der Waals surface area contributed by atoms with Gasteiger partial charge in [0.25, 0.3) is 0 Å². The van der Waals surface area contributed by atoms with Crippen LogP contribution in [0.25, 0.3) is 0 Å². The Morgan fingerprint density at radius 3 is 1.60 bits per heavy atom. The molecule has 7 N–H and O–H groups in total. The number of benzene rings is 1. The van der Waals surface area contributed by atoms with Crippen LogP contribution in [0.3, 0.4) is 0 Å². The van der Waals surface area contributed by atoms with E-state index < -0.39 is 71.6 Å². The largest absolute Gasteiger partial charge is 0.508 e. The van der Waals surface area contributed by atoms with Gasteiger partial charge in [0.1, 0.15) is 36.0 Å². The number of rotatable bonds is 16. The molecular formula is C30H47N5O8. The van der Waals surface area contributed by atoms with Gasteiger partial charge >= 0.3 is 5.97 Å². The number of hydrogen-bond donors (Lipinski definition) is 7. The molecule has 1 rings (SSSR count). The van der Waals surface area contributed by atoms with Crippen LogP contribution in [0.15, 0.2) is 24.3 Å². The Morgan fingerprint density at radius 1 is 0.651 bits per heavy atom. The highest BCUT2D eigenvalue weighted by Crippen LogP contribution is 2.13. The number of carbonyl (C=O) groups is 6. The Kier molecular flexibility index (Phi) is 14.6. The fraction of sp³-hybridized carbons (Fsp3) is 0.600. The van der Waals surface area contributed by atoms with Gasteiger partial charge in [0.2, 0.25) is 29.5 Å². The molecule has 0 spiro atoms. The van der Waals surface area contributed by atoms with Crippen molar-refractivity contribution in [2.45, 2.75) is 98.4 Å². The molecule has 43 heavy (non-hydrogen) atoms. The number of carboxylic acids is 1. The molecule has 0 aliphatic heterocycles. The third-order valence-electron chi connectivity index (χ3n) is 6.64. The zero-order valence-corrected chi connectivity index (χ0v) is 26.2. The number of aliphatic carboxylic acids is 1. The van der Waals surface area contributed by atoms with E-state index in [1.165, 1.54) is 26.0 Å². The fourth-order valence-corrected chi connectivity index (χ4v) is 4.24. The molecule has 5 amide bonds. The number of phenolic OH excluding ortho intramolecular Hbond substituents is 1. The van der Waals surface area contributed by atoms with E-state index >= 15 is 0 Å². The normalized spacial score (nSPS) is 14.7. The summed E-state index contributed by atoms with van der Waals surface area (Å²) in [7, 11) is 0. The van der Waals surface area contributed by atoms with Crippen molar-refractivity contribution in [3.63, 3.8) is 0 Å². The molecular weight excluding hydrogens is 558 g/mol. The number of nitrogens with one attached hydrogen (secondary N) is 5. The average Bonchev–Trinajstić information content (AvgIpc) is 2.89. The van der Waals surface area contributed by atoms with E-state index in [1.54, 1.807) is 39.8 Å². The molecule has 5 unspecified atom stereocenters. The number of carboxylic acid groups (broad SMARTS) is 1. The van der Waals surface area contributed by atoms with E-state index in [0.717, 1.165) is 0 Å². The molecule has 0 fully saturated rings. The molecule has 1 aromatic carbocycles. The van der Waals surface area contributed by atoms with Crippen LogP contribution in [0, 0.1) is 17.8 Å². The molecule has 0 aromatic heterocycles. The summed E-state index contributed by atoms with van der Waals surface area (Å²) in [5.41, 5.74) is 0.592. The molecule has 0 saturated heterocycles. The third kappa shape index (κ3) is 12.7. The second-order valence-corrected chi connectivity index (χ2v) is 11.8. The zero-order chi connectivity index (χ0) is 33.0. The monoisotopic (exact) mass is 605 g/mol. The van der Waals surface area contributed by atoms with Gasteiger partial charge in [0.05, 0.1) is 0 Å². The van der Waals surface area contributed by atoms with E-state index in [-0.39, 0.29) is 30.4 Å². The van der Waals surface area contributed by atoms with Crippen molar-refractivity contribution in [1.29, 1.82) is 0 Å². The average molecular weight is 606 g/mol. The maximum Gasteiger partial charge on any atom is 0.326 e. The first kappa shape index (κ1) is 36.9. The van der Waals surface area contributed by atoms with Gasteiger partial charge in [-0.3, -0.25) is 24.0 Å². The van der Waals surface area contributed by atoms with Crippen molar-refractivity contribution in [2.24, 2.45) is 17.8 Å². The number of amides is 5. The Balaban J connectivity index is 3.18. The van der Waals surface area contributed by atoms with Crippen LogP contribution in [-0.4, -0.2) is 75.9 Å². The minimum atomic E-state index is -1.20. The lowest BCUT2D eigenvalue weighted by Crippen LogP contribution is -2.60.